The van der Waals surface area contributed by atoms with E-state index in [0.717, 1.165) is 38.5 Å². The van der Waals surface area contributed by atoms with Crippen molar-refractivity contribution >= 4 is 0 Å². The Labute approximate surface area is 93.7 Å². The number of rotatable bonds is 4. The summed E-state index contributed by atoms with van der Waals surface area (Å²) in [5.74, 6) is 1.21. The van der Waals surface area contributed by atoms with Crippen LogP contribution in [0, 0.1) is 11.8 Å². The standard InChI is InChI=1S/C13H26O2/c1-4-10(2)9-12(14)13(15)7-5-11(3)6-8-13/h10-12,14-15H,4-9H2,1-3H3. The largest absolute Gasteiger partial charge is 0.390 e. The van der Waals surface area contributed by atoms with E-state index in [0.29, 0.717) is 11.8 Å². The first kappa shape index (κ1) is 13.0. The molecule has 0 spiro atoms. The van der Waals surface area contributed by atoms with E-state index in [4.69, 9.17) is 0 Å². The van der Waals surface area contributed by atoms with Crippen molar-refractivity contribution in [1.82, 2.24) is 0 Å². The lowest BCUT2D eigenvalue weighted by atomic mass is 9.74. The van der Waals surface area contributed by atoms with Crippen molar-refractivity contribution in [2.75, 3.05) is 0 Å². The summed E-state index contributed by atoms with van der Waals surface area (Å²) < 4.78 is 0. The number of aliphatic hydroxyl groups excluding tert-OH is 1. The summed E-state index contributed by atoms with van der Waals surface area (Å²) in [6.07, 6.45) is 4.92. The second-order valence-electron chi connectivity index (χ2n) is 5.55. The predicted molar refractivity (Wildman–Crippen MR) is 62.7 cm³/mol. The first-order valence-corrected chi connectivity index (χ1v) is 6.38. The third-order valence-corrected chi connectivity index (χ3v) is 4.08. The average molecular weight is 214 g/mol. The van der Waals surface area contributed by atoms with Crippen molar-refractivity contribution in [3.63, 3.8) is 0 Å². The molecule has 0 aromatic heterocycles. The molecule has 1 fully saturated rings. The van der Waals surface area contributed by atoms with Gasteiger partial charge in [0, 0.05) is 0 Å². The van der Waals surface area contributed by atoms with Crippen molar-refractivity contribution < 1.29 is 10.2 Å². The normalized spacial score (nSPS) is 36.2. The number of aliphatic hydroxyl groups is 2. The monoisotopic (exact) mass is 214 g/mol. The van der Waals surface area contributed by atoms with Crippen molar-refractivity contribution in [3.8, 4) is 0 Å². The van der Waals surface area contributed by atoms with Crippen LogP contribution >= 0.6 is 0 Å². The maximum Gasteiger partial charge on any atom is 0.0905 e. The van der Waals surface area contributed by atoms with Crippen molar-refractivity contribution in [2.45, 2.75) is 71.0 Å². The number of hydrogen-bond acceptors (Lipinski definition) is 2. The Morgan fingerprint density at radius 1 is 1.33 bits per heavy atom. The van der Waals surface area contributed by atoms with Crippen LogP contribution in [0.5, 0.6) is 0 Å². The zero-order chi connectivity index (χ0) is 11.5. The van der Waals surface area contributed by atoms with E-state index in [2.05, 4.69) is 20.8 Å². The third-order valence-electron chi connectivity index (χ3n) is 4.08. The summed E-state index contributed by atoms with van der Waals surface area (Å²) in [5, 5.41) is 20.4. The van der Waals surface area contributed by atoms with E-state index < -0.39 is 11.7 Å². The second kappa shape index (κ2) is 5.31. The third kappa shape index (κ3) is 3.46. The molecule has 2 N–H and O–H groups in total. The molecule has 0 radical (unpaired) electrons. The zero-order valence-corrected chi connectivity index (χ0v) is 10.4. The predicted octanol–water partition coefficient (Wildman–Crippen LogP) is 2.72. The summed E-state index contributed by atoms with van der Waals surface area (Å²) in [6, 6.07) is 0. The molecule has 1 aliphatic carbocycles. The van der Waals surface area contributed by atoms with E-state index in [1.807, 2.05) is 0 Å². The zero-order valence-electron chi connectivity index (χ0n) is 10.4. The first-order valence-electron chi connectivity index (χ1n) is 6.38. The fourth-order valence-corrected chi connectivity index (χ4v) is 2.36. The van der Waals surface area contributed by atoms with E-state index in [1.54, 1.807) is 0 Å². The molecule has 90 valence electrons. The van der Waals surface area contributed by atoms with Crippen LogP contribution in [0.4, 0.5) is 0 Å². The average Bonchev–Trinajstić information content (AvgIpc) is 2.22. The summed E-state index contributed by atoms with van der Waals surface area (Å²) >= 11 is 0. The van der Waals surface area contributed by atoms with Gasteiger partial charge in [0.15, 0.2) is 0 Å². The molecule has 0 amide bonds. The van der Waals surface area contributed by atoms with Gasteiger partial charge in [0.2, 0.25) is 0 Å². The first-order chi connectivity index (χ1) is 6.98. The van der Waals surface area contributed by atoms with Gasteiger partial charge >= 0.3 is 0 Å². The highest BCUT2D eigenvalue weighted by Crippen LogP contribution is 2.36. The molecular formula is C13H26O2. The molecule has 0 saturated heterocycles. The Morgan fingerprint density at radius 2 is 1.87 bits per heavy atom. The van der Waals surface area contributed by atoms with E-state index in [1.165, 1.54) is 0 Å². The molecule has 2 nitrogen and oxygen atoms in total. The smallest absolute Gasteiger partial charge is 0.0905 e. The Bertz CT molecular complexity index is 183. The van der Waals surface area contributed by atoms with Gasteiger partial charge < -0.3 is 10.2 Å². The Kier molecular flexibility index (Phi) is 4.60. The summed E-state index contributed by atoms with van der Waals surface area (Å²) in [6.45, 7) is 6.49. The quantitative estimate of drug-likeness (QED) is 0.755. The molecule has 0 heterocycles. The molecule has 0 aliphatic heterocycles. The molecule has 0 aromatic rings. The highest BCUT2D eigenvalue weighted by Gasteiger charge is 2.38. The van der Waals surface area contributed by atoms with E-state index in [-0.39, 0.29) is 0 Å². The molecule has 1 saturated carbocycles. The van der Waals surface area contributed by atoms with E-state index >= 15 is 0 Å². The van der Waals surface area contributed by atoms with Gasteiger partial charge in [-0.15, -0.1) is 0 Å². The minimum atomic E-state index is -0.796. The van der Waals surface area contributed by atoms with Crippen molar-refractivity contribution in [2.24, 2.45) is 11.8 Å². The van der Waals surface area contributed by atoms with E-state index in [9.17, 15) is 10.2 Å². The van der Waals surface area contributed by atoms with Crippen LogP contribution < -0.4 is 0 Å². The fraction of sp³-hybridized carbons (Fsp3) is 1.00. The highest BCUT2D eigenvalue weighted by molar-refractivity contribution is 4.91. The van der Waals surface area contributed by atoms with Gasteiger partial charge in [-0.2, -0.15) is 0 Å². The molecule has 1 rings (SSSR count). The topological polar surface area (TPSA) is 40.5 Å². The Hall–Kier alpha value is -0.0800. The van der Waals surface area contributed by atoms with Gasteiger partial charge in [0.25, 0.3) is 0 Å². The molecule has 2 atom stereocenters. The van der Waals surface area contributed by atoms with Gasteiger partial charge in [-0.1, -0.05) is 27.2 Å². The maximum absolute atomic E-state index is 10.4. The van der Waals surface area contributed by atoms with Crippen LogP contribution in [0.15, 0.2) is 0 Å². The minimum absolute atomic E-state index is 0.503. The Balaban J connectivity index is 2.46. The number of hydrogen-bond donors (Lipinski definition) is 2. The van der Waals surface area contributed by atoms with Crippen LogP contribution in [0.2, 0.25) is 0 Å². The second-order valence-corrected chi connectivity index (χ2v) is 5.55. The van der Waals surface area contributed by atoms with Crippen LogP contribution in [0.1, 0.15) is 59.3 Å². The van der Waals surface area contributed by atoms with Gasteiger partial charge in [0.1, 0.15) is 0 Å². The summed E-state index contributed by atoms with van der Waals surface area (Å²) in [5.41, 5.74) is -0.796. The summed E-state index contributed by atoms with van der Waals surface area (Å²) in [4.78, 5) is 0. The van der Waals surface area contributed by atoms with Crippen molar-refractivity contribution in [3.05, 3.63) is 0 Å². The van der Waals surface area contributed by atoms with Gasteiger partial charge in [-0.25, -0.2) is 0 Å². The lowest BCUT2D eigenvalue weighted by Crippen LogP contribution is -2.45. The lowest BCUT2D eigenvalue weighted by Gasteiger charge is -2.39. The van der Waals surface area contributed by atoms with Crippen LogP contribution in [0.3, 0.4) is 0 Å². The molecule has 15 heavy (non-hydrogen) atoms. The Morgan fingerprint density at radius 3 is 2.33 bits per heavy atom. The van der Waals surface area contributed by atoms with Crippen LogP contribution in [-0.2, 0) is 0 Å². The molecule has 2 heteroatoms. The van der Waals surface area contributed by atoms with Gasteiger partial charge in [0.05, 0.1) is 11.7 Å². The molecule has 1 aliphatic rings. The highest BCUT2D eigenvalue weighted by atomic mass is 16.3. The molecular weight excluding hydrogens is 188 g/mol. The maximum atomic E-state index is 10.4. The molecule has 2 unspecified atom stereocenters. The molecule has 0 bridgehead atoms. The SMILES string of the molecule is CCC(C)CC(O)C1(O)CCC(C)CC1. The minimum Gasteiger partial charge on any atom is -0.390 e. The van der Waals surface area contributed by atoms with Crippen LogP contribution in [0.25, 0.3) is 0 Å². The van der Waals surface area contributed by atoms with Crippen molar-refractivity contribution in [1.29, 1.82) is 0 Å². The lowest BCUT2D eigenvalue weighted by molar-refractivity contribution is -0.110. The molecule has 0 aromatic carbocycles. The van der Waals surface area contributed by atoms with Gasteiger partial charge in [-0.05, 0) is 43.9 Å². The van der Waals surface area contributed by atoms with Gasteiger partial charge in [-0.3, -0.25) is 0 Å². The summed E-state index contributed by atoms with van der Waals surface area (Å²) in [7, 11) is 0. The van der Waals surface area contributed by atoms with Crippen LogP contribution in [-0.4, -0.2) is 21.9 Å². The fourth-order valence-electron chi connectivity index (χ4n) is 2.36.